The van der Waals surface area contributed by atoms with E-state index in [1.54, 1.807) is 0 Å². The molecule has 2 atom stereocenters. The summed E-state index contributed by atoms with van der Waals surface area (Å²) in [7, 11) is 0. The molecule has 60 heavy (non-hydrogen) atoms. The van der Waals surface area contributed by atoms with Gasteiger partial charge in [0.25, 0.3) is 0 Å². The van der Waals surface area contributed by atoms with Gasteiger partial charge in [-0.15, -0.1) is 0 Å². The first-order chi connectivity index (χ1) is 29.4. The van der Waals surface area contributed by atoms with Crippen LogP contribution >= 0.6 is 0 Å². The molecule has 0 saturated heterocycles. The molecule has 0 aromatic carbocycles. The van der Waals surface area contributed by atoms with Gasteiger partial charge in [-0.2, -0.15) is 0 Å². The van der Waals surface area contributed by atoms with E-state index < -0.39 is 11.9 Å². The summed E-state index contributed by atoms with van der Waals surface area (Å²) < 4.78 is 0. The van der Waals surface area contributed by atoms with Gasteiger partial charge < -0.3 is 10.2 Å². The highest BCUT2D eigenvalue weighted by atomic mass is 16.4. The highest BCUT2D eigenvalue weighted by Crippen LogP contribution is 2.22. The Kier molecular flexibility index (Phi) is 55.0. The first-order valence-corrected chi connectivity index (χ1v) is 27.9. The number of unbranched alkanes of at least 4 members (excludes halogenated alkanes) is 40. The van der Waals surface area contributed by atoms with E-state index in [1.807, 2.05) is 0 Å². The molecule has 0 spiro atoms. The van der Waals surface area contributed by atoms with Crippen molar-refractivity contribution in [3.8, 4) is 0 Å². The summed E-state index contributed by atoms with van der Waals surface area (Å²) in [5.41, 5.74) is 0. The molecule has 0 aliphatic carbocycles. The molecule has 0 fully saturated rings. The summed E-state index contributed by atoms with van der Waals surface area (Å²) in [6.45, 7) is 9.08. The number of hydrogen-bond donors (Lipinski definition) is 2. The van der Waals surface area contributed by atoms with Gasteiger partial charge in [0.15, 0.2) is 0 Å². The van der Waals surface area contributed by atoms with Crippen molar-refractivity contribution in [1.82, 2.24) is 0 Å². The second-order valence-electron chi connectivity index (χ2n) is 19.4. The number of aliphatic carboxylic acids is 2. The molecule has 0 rings (SSSR count). The van der Waals surface area contributed by atoms with Crippen molar-refractivity contribution in [2.75, 3.05) is 0 Å². The number of carbonyl (C=O) groups is 2. The van der Waals surface area contributed by atoms with E-state index >= 15 is 0 Å². The van der Waals surface area contributed by atoms with Gasteiger partial charge in [-0.3, -0.25) is 9.59 Å². The van der Waals surface area contributed by atoms with Gasteiger partial charge in [0.1, 0.15) is 0 Å². The van der Waals surface area contributed by atoms with Crippen LogP contribution in [-0.4, -0.2) is 22.2 Å². The van der Waals surface area contributed by atoms with Gasteiger partial charge in [0, 0.05) is 0 Å². The van der Waals surface area contributed by atoms with Crippen molar-refractivity contribution in [2.45, 2.75) is 336 Å². The Hall–Kier alpha value is -1.06. The zero-order valence-corrected chi connectivity index (χ0v) is 41.8. The molecule has 0 radical (unpaired) electrons. The Labute approximate surface area is 378 Å². The van der Waals surface area contributed by atoms with Crippen LogP contribution in [0, 0.1) is 11.8 Å². The monoisotopic (exact) mass is 849 g/mol. The number of hydrogen-bond acceptors (Lipinski definition) is 2. The lowest BCUT2D eigenvalue weighted by Gasteiger charge is -2.12. The Morgan fingerprint density at radius 1 is 0.233 bits per heavy atom. The summed E-state index contributed by atoms with van der Waals surface area (Å²) in [5.74, 6) is -1.31. The van der Waals surface area contributed by atoms with Crippen LogP contribution in [0.4, 0.5) is 0 Å². The van der Waals surface area contributed by atoms with Gasteiger partial charge in [0.2, 0.25) is 0 Å². The smallest absolute Gasteiger partial charge is 0.306 e. The molecule has 2 N–H and O–H groups in total. The van der Waals surface area contributed by atoms with E-state index in [2.05, 4.69) is 27.7 Å². The van der Waals surface area contributed by atoms with E-state index in [4.69, 9.17) is 0 Å². The van der Waals surface area contributed by atoms with E-state index in [0.717, 1.165) is 51.4 Å². The summed E-state index contributed by atoms with van der Waals surface area (Å²) >= 11 is 0. The van der Waals surface area contributed by atoms with Crippen molar-refractivity contribution in [3.63, 3.8) is 0 Å². The lowest BCUT2D eigenvalue weighted by atomic mass is 9.94. The lowest BCUT2D eigenvalue weighted by Crippen LogP contribution is -2.13. The van der Waals surface area contributed by atoms with E-state index in [9.17, 15) is 19.8 Å². The summed E-state index contributed by atoms with van der Waals surface area (Å²) in [6, 6.07) is 0. The van der Waals surface area contributed by atoms with E-state index in [0.29, 0.717) is 0 Å². The first-order valence-electron chi connectivity index (χ1n) is 27.9. The highest BCUT2D eigenvalue weighted by Gasteiger charge is 2.17. The van der Waals surface area contributed by atoms with Crippen LogP contribution in [0.3, 0.4) is 0 Å². The molecular weight excluding hydrogens is 737 g/mol. The molecule has 4 heteroatoms. The predicted octanol–water partition coefficient (Wildman–Crippen LogP) is 20.2. The average Bonchev–Trinajstić information content (AvgIpc) is 3.24. The maximum atomic E-state index is 11.5. The fourth-order valence-electron chi connectivity index (χ4n) is 9.00. The maximum absolute atomic E-state index is 11.5. The number of carboxylic acids is 2. The molecule has 0 aliphatic rings. The standard InChI is InChI=1S/2C28H56O2/c2*1-3-5-7-9-11-13-15-16-18-20-22-24-26-27(28(29)30)25-23-21-19-17-14-12-10-8-6-4-2/h2*27H,3-26H2,1-2H3,(H,29,30). The molecule has 0 heterocycles. The molecule has 0 aromatic rings. The third-order valence-electron chi connectivity index (χ3n) is 13.3. The minimum atomic E-state index is -0.561. The van der Waals surface area contributed by atoms with Crippen LogP contribution in [0.5, 0.6) is 0 Å². The van der Waals surface area contributed by atoms with Gasteiger partial charge in [-0.25, -0.2) is 0 Å². The van der Waals surface area contributed by atoms with Crippen LogP contribution in [0.1, 0.15) is 336 Å². The second-order valence-corrected chi connectivity index (χ2v) is 19.4. The van der Waals surface area contributed by atoms with Crippen molar-refractivity contribution >= 4 is 11.9 Å². The Bertz CT molecular complexity index is 745. The summed E-state index contributed by atoms with van der Waals surface area (Å²) in [6.07, 6.45) is 62.2. The van der Waals surface area contributed by atoms with E-state index in [-0.39, 0.29) is 11.8 Å². The molecule has 360 valence electrons. The molecule has 0 bridgehead atoms. The van der Waals surface area contributed by atoms with Gasteiger partial charge in [0.05, 0.1) is 11.8 Å². The summed E-state index contributed by atoms with van der Waals surface area (Å²) in [4.78, 5) is 23.0. The van der Waals surface area contributed by atoms with Crippen LogP contribution in [0.15, 0.2) is 0 Å². The number of rotatable bonds is 50. The second kappa shape index (κ2) is 54.1. The minimum Gasteiger partial charge on any atom is -0.481 e. The van der Waals surface area contributed by atoms with Crippen molar-refractivity contribution < 1.29 is 19.8 Å². The predicted molar refractivity (Wildman–Crippen MR) is 267 cm³/mol. The average molecular weight is 850 g/mol. The molecule has 0 amide bonds. The minimum absolute atomic E-state index is 0.0952. The van der Waals surface area contributed by atoms with Gasteiger partial charge in [-0.1, -0.05) is 310 Å². The van der Waals surface area contributed by atoms with Crippen LogP contribution in [0.25, 0.3) is 0 Å². The highest BCUT2D eigenvalue weighted by molar-refractivity contribution is 5.70. The van der Waals surface area contributed by atoms with Gasteiger partial charge in [-0.05, 0) is 25.7 Å². The molecule has 0 saturated carbocycles. The normalized spacial score (nSPS) is 12.3. The fraction of sp³-hybridized carbons (Fsp3) is 0.964. The quantitative estimate of drug-likeness (QED) is 0.0598. The summed E-state index contributed by atoms with van der Waals surface area (Å²) in [5, 5.41) is 19.0. The Balaban J connectivity index is 0. The van der Waals surface area contributed by atoms with Crippen LogP contribution < -0.4 is 0 Å². The third kappa shape index (κ3) is 51.3. The molecule has 2 unspecified atom stereocenters. The molecule has 0 aromatic heterocycles. The van der Waals surface area contributed by atoms with Crippen LogP contribution in [-0.2, 0) is 9.59 Å². The molecule has 4 nitrogen and oxygen atoms in total. The van der Waals surface area contributed by atoms with Crippen molar-refractivity contribution in [1.29, 1.82) is 0 Å². The number of carboxylic acid groups (broad SMARTS) is 2. The van der Waals surface area contributed by atoms with Crippen molar-refractivity contribution in [2.24, 2.45) is 11.8 Å². The van der Waals surface area contributed by atoms with E-state index in [1.165, 1.54) is 257 Å². The first kappa shape index (κ1) is 61.0. The zero-order chi connectivity index (χ0) is 44.3. The van der Waals surface area contributed by atoms with Crippen molar-refractivity contribution in [3.05, 3.63) is 0 Å². The third-order valence-corrected chi connectivity index (χ3v) is 13.3. The fourth-order valence-corrected chi connectivity index (χ4v) is 9.00. The molecular formula is C56H112O4. The van der Waals surface area contributed by atoms with Gasteiger partial charge >= 0.3 is 11.9 Å². The Morgan fingerprint density at radius 2 is 0.350 bits per heavy atom. The maximum Gasteiger partial charge on any atom is 0.306 e. The molecule has 0 aliphatic heterocycles. The van der Waals surface area contributed by atoms with Crippen LogP contribution in [0.2, 0.25) is 0 Å². The largest absolute Gasteiger partial charge is 0.481 e. The SMILES string of the molecule is CCCCCCCCCCCCCCC(CCCCCCCCCCCC)C(=O)O.CCCCCCCCCCCCCCC(CCCCCCCCCCCC)C(=O)O. The Morgan fingerprint density at radius 3 is 0.467 bits per heavy atom. The zero-order valence-electron chi connectivity index (χ0n) is 41.8. The topological polar surface area (TPSA) is 74.6 Å². The lowest BCUT2D eigenvalue weighted by molar-refractivity contribution is -0.143.